The van der Waals surface area contributed by atoms with Crippen LogP contribution in [0, 0.1) is 6.92 Å². The highest BCUT2D eigenvalue weighted by atomic mass is 32.1. The molecule has 0 aliphatic carbocycles. The van der Waals surface area contributed by atoms with E-state index in [2.05, 4.69) is 10.3 Å². The summed E-state index contributed by atoms with van der Waals surface area (Å²) in [6.45, 7) is 4.76. The van der Waals surface area contributed by atoms with Crippen LogP contribution < -0.4 is 5.32 Å². The van der Waals surface area contributed by atoms with Gasteiger partial charge in [0.2, 0.25) is 0 Å². The fraction of sp³-hybridized carbons (Fsp3) is 0.438. The van der Waals surface area contributed by atoms with E-state index in [9.17, 15) is 9.59 Å². The van der Waals surface area contributed by atoms with E-state index in [0.717, 1.165) is 28.6 Å². The Balaban J connectivity index is 1.84. The number of fused-ring (bicyclic) bond motifs is 1. The molecule has 0 bridgehead atoms. The summed E-state index contributed by atoms with van der Waals surface area (Å²) in [5.41, 5.74) is 1.93. The number of hydrogen-bond donors (Lipinski definition) is 1. The Labute approximate surface area is 133 Å². The zero-order valence-electron chi connectivity index (χ0n) is 12.8. The zero-order chi connectivity index (χ0) is 15.9. The van der Waals surface area contributed by atoms with Gasteiger partial charge in [-0.05, 0) is 31.0 Å². The van der Waals surface area contributed by atoms with E-state index >= 15 is 0 Å². The summed E-state index contributed by atoms with van der Waals surface area (Å²) in [6.07, 6.45) is 3.78. The summed E-state index contributed by atoms with van der Waals surface area (Å²) in [5.74, 6) is -0.452. The third kappa shape index (κ3) is 4.27. The van der Waals surface area contributed by atoms with Gasteiger partial charge in [-0.3, -0.25) is 14.6 Å². The molecule has 118 valence electrons. The van der Waals surface area contributed by atoms with Gasteiger partial charge in [-0.15, -0.1) is 11.3 Å². The van der Waals surface area contributed by atoms with Gasteiger partial charge in [-0.1, -0.05) is 13.3 Å². The Morgan fingerprint density at radius 3 is 2.95 bits per heavy atom. The van der Waals surface area contributed by atoms with Crippen molar-refractivity contribution in [3.63, 3.8) is 0 Å². The first-order chi connectivity index (χ1) is 10.6. The van der Waals surface area contributed by atoms with Gasteiger partial charge >= 0.3 is 5.97 Å². The minimum Gasteiger partial charge on any atom is -0.466 e. The quantitative estimate of drug-likeness (QED) is 0.629. The SMILES string of the molecule is CCCCOC(=O)CCNC(=O)c1cc2nccc(C)c2s1. The Morgan fingerprint density at radius 1 is 1.41 bits per heavy atom. The number of hydrogen-bond acceptors (Lipinski definition) is 5. The van der Waals surface area contributed by atoms with Crippen LogP contribution >= 0.6 is 11.3 Å². The van der Waals surface area contributed by atoms with Crippen molar-refractivity contribution in [2.24, 2.45) is 0 Å². The van der Waals surface area contributed by atoms with Crippen LogP contribution in [0.2, 0.25) is 0 Å². The van der Waals surface area contributed by atoms with Crippen LogP contribution in [-0.2, 0) is 9.53 Å². The van der Waals surface area contributed by atoms with E-state index in [1.807, 2.05) is 19.9 Å². The van der Waals surface area contributed by atoms with Gasteiger partial charge < -0.3 is 10.1 Å². The van der Waals surface area contributed by atoms with Gasteiger partial charge in [-0.2, -0.15) is 0 Å². The number of thiophene rings is 1. The van der Waals surface area contributed by atoms with Crippen LogP contribution in [0.5, 0.6) is 0 Å². The number of esters is 1. The smallest absolute Gasteiger partial charge is 0.307 e. The number of aryl methyl sites for hydroxylation is 1. The number of pyridine rings is 1. The molecule has 0 saturated carbocycles. The second-order valence-corrected chi connectivity index (χ2v) is 6.08. The van der Waals surface area contributed by atoms with E-state index in [1.165, 1.54) is 11.3 Å². The van der Waals surface area contributed by atoms with Crippen molar-refractivity contribution in [3.05, 3.63) is 28.8 Å². The van der Waals surface area contributed by atoms with Gasteiger partial charge in [0.15, 0.2) is 0 Å². The third-order valence-electron chi connectivity index (χ3n) is 3.21. The van der Waals surface area contributed by atoms with Gasteiger partial charge in [0, 0.05) is 12.7 Å². The fourth-order valence-electron chi connectivity index (χ4n) is 1.94. The van der Waals surface area contributed by atoms with E-state index in [-0.39, 0.29) is 24.8 Å². The molecule has 2 aromatic heterocycles. The molecule has 2 aromatic rings. The monoisotopic (exact) mass is 320 g/mol. The van der Waals surface area contributed by atoms with Crippen LogP contribution in [0.4, 0.5) is 0 Å². The number of carbonyl (C=O) groups is 2. The first kappa shape index (κ1) is 16.4. The minimum absolute atomic E-state index is 0.177. The third-order valence-corrected chi connectivity index (χ3v) is 4.47. The first-order valence-corrected chi connectivity index (χ1v) is 8.22. The van der Waals surface area contributed by atoms with Crippen LogP contribution in [0.1, 0.15) is 41.4 Å². The molecule has 0 fully saturated rings. The highest BCUT2D eigenvalue weighted by molar-refractivity contribution is 7.20. The summed E-state index contributed by atoms with van der Waals surface area (Å²) >= 11 is 1.42. The molecule has 0 atom stereocenters. The molecule has 0 radical (unpaired) electrons. The maximum absolute atomic E-state index is 12.1. The number of ether oxygens (including phenoxy) is 1. The van der Waals surface area contributed by atoms with Crippen molar-refractivity contribution < 1.29 is 14.3 Å². The molecule has 0 aliphatic rings. The van der Waals surface area contributed by atoms with Crippen molar-refractivity contribution in [3.8, 4) is 0 Å². The van der Waals surface area contributed by atoms with E-state index in [1.54, 1.807) is 12.3 Å². The molecule has 1 amide bonds. The number of nitrogens with one attached hydrogen (secondary N) is 1. The minimum atomic E-state index is -0.275. The first-order valence-electron chi connectivity index (χ1n) is 7.40. The highest BCUT2D eigenvalue weighted by Crippen LogP contribution is 2.26. The Morgan fingerprint density at radius 2 is 2.23 bits per heavy atom. The fourth-order valence-corrected chi connectivity index (χ4v) is 2.95. The van der Waals surface area contributed by atoms with Crippen molar-refractivity contribution in [2.45, 2.75) is 33.1 Å². The molecule has 1 N–H and O–H groups in total. The van der Waals surface area contributed by atoms with Crippen LogP contribution in [0.3, 0.4) is 0 Å². The Hall–Kier alpha value is -1.95. The van der Waals surface area contributed by atoms with Gasteiger partial charge in [0.1, 0.15) is 0 Å². The van der Waals surface area contributed by atoms with Gasteiger partial charge in [-0.25, -0.2) is 0 Å². The summed E-state index contributed by atoms with van der Waals surface area (Å²) < 4.78 is 6.06. The molecule has 22 heavy (non-hydrogen) atoms. The number of amides is 1. The molecule has 2 rings (SSSR count). The molecule has 0 saturated heterocycles. The Kier molecular flexibility index (Phi) is 5.89. The highest BCUT2D eigenvalue weighted by Gasteiger charge is 2.12. The molecule has 2 heterocycles. The largest absolute Gasteiger partial charge is 0.466 e. The molecule has 6 heteroatoms. The maximum Gasteiger partial charge on any atom is 0.307 e. The van der Waals surface area contributed by atoms with Crippen molar-refractivity contribution in [2.75, 3.05) is 13.2 Å². The summed E-state index contributed by atoms with van der Waals surface area (Å²) in [7, 11) is 0. The average Bonchev–Trinajstić information content (AvgIpc) is 2.93. The Bertz CT molecular complexity index is 666. The normalized spacial score (nSPS) is 10.6. The lowest BCUT2D eigenvalue weighted by Gasteiger charge is -2.04. The number of rotatable bonds is 7. The van der Waals surface area contributed by atoms with Crippen LogP contribution in [0.25, 0.3) is 10.2 Å². The molecule has 5 nitrogen and oxygen atoms in total. The van der Waals surface area contributed by atoms with Crippen molar-refractivity contribution in [1.29, 1.82) is 0 Å². The van der Waals surface area contributed by atoms with Crippen molar-refractivity contribution in [1.82, 2.24) is 10.3 Å². The molecular weight excluding hydrogens is 300 g/mol. The molecular formula is C16H20N2O3S. The molecule has 0 unspecified atom stereocenters. The van der Waals surface area contributed by atoms with Crippen LogP contribution in [-0.4, -0.2) is 30.0 Å². The lowest BCUT2D eigenvalue weighted by molar-refractivity contribution is -0.143. The van der Waals surface area contributed by atoms with Gasteiger partial charge in [0.25, 0.3) is 5.91 Å². The van der Waals surface area contributed by atoms with E-state index < -0.39 is 0 Å². The standard InChI is InChI=1S/C16H20N2O3S/c1-3-4-9-21-14(19)6-8-18-16(20)13-10-12-15(22-13)11(2)5-7-17-12/h5,7,10H,3-4,6,8-9H2,1-2H3,(H,18,20). The second kappa shape index (κ2) is 7.89. The van der Waals surface area contributed by atoms with Gasteiger partial charge in [0.05, 0.1) is 28.1 Å². The lowest BCUT2D eigenvalue weighted by atomic mass is 10.2. The summed E-state index contributed by atoms with van der Waals surface area (Å²) in [5, 5.41) is 2.74. The topological polar surface area (TPSA) is 68.3 Å². The predicted molar refractivity (Wildman–Crippen MR) is 87.2 cm³/mol. The zero-order valence-corrected chi connectivity index (χ0v) is 13.7. The summed E-state index contributed by atoms with van der Waals surface area (Å²) in [6, 6.07) is 3.70. The second-order valence-electron chi connectivity index (χ2n) is 5.03. The number of unbranched alkanes of at least 4 members (excludes halogenated alkanes) is 1. The lowest BCUT2D eigenvalue weighted by Crippen LogP contribution is -2.25. The average molecular weight is 320 g/mol. The molecule has 0 spiro atoms. The number of carbonyl (C=O) groups excluding carboxylic acids is 2. The molecule has 0 aromatic carbocycles. The number of aromatic nitrogens is 1. The van der Waals surface area contributed by atoms with Crippen LogP contribution in [0.15, 0.2) is 18.3 Å². The summed E-state index contributed by atoms with van der Waals surface area (Å²) in [4.78, 5) is 28.4. The van der Waals surface area contributed by atoms with Crippen molar-refractivity contribution >= 4 is 33.4 Å². The number of nitrogens with zero attached hydrogens (tertiary/aromatic N) is 1. The van der Waals surface area contributed by atoms with E-state index in [0.29, 0.717) is 11.5 Å². The molecule has 0 aliphatic heterocycles. The predicted octanol–water partition coefficient (Wildman–Crippen LogP) is 3.07. The van der Waals surface area contributed by atoms with E-state index in [4.69, 9.17) is 4.74 Å². The maximum atomic E-state index is 12.1.